The highest BCUT2D eigenvalue weighted by Crippen LogP contribution is 2.14. The summed E-state index contributed by atoms with van der Waals surface area (Å²) in [5.41, 5.74) is 0.319. The van der Waals surface area contributed by atoms with Gasteiger partial charge in [-0.2, -0.15) is 0 Å². The lowest BCUT2D eigenvalue weighted by molar-refractivity contribution is -0.143. The van der Waals surface area contributed by atoms with Gasteiger partial charge in [-0.3, -0.25) is 9.59 Å². The maximum absolute atomic E-state index is 14.0. The third-order valence-electron chi connectivity index (χ3n) is 2.90. The fraction of sp³-hybridized carbons (Fsp3) is 0.467. The fourth-order valence-corrected chi connectivity index (χ4v) is 1.80. The number of aryl methyl sites for hydroxylation is 1. The molecule has 0 aliphatic rings. The summed E-state index contributed by atoms with van der Waals surface area (Å²) >= 11 is 0. The van der Waals surface area contributed by atoms with Crippen molar-refractivity contribution >= 4 is 11.9 Å². The van der Waals surface area contributed by atoms with Gasteiger partial charge in [-0.25, -0.2) is 4.39 Å². The zero-order valence-electron chi connectivity index (χ0n) is 12.5. The first-order chi connectivity index (χ1) is 10.0. The van der Waals surface area contributed by atoms with Gasteiger partial charge in [0.15, 0.2) is 0 Å². The first-order valence-electron chi connectivity index (χ1n) is 6.70. The Labute approximate surface area is 123 Å². The van der Waals surface area contributed by atoms with E-state index in [9.17, 15) is 14.0 Å². The van der Waals surface area contributed by atoms with Crippen molar-refractivity contribution in [2.24, 2.45) is 0 Å². The SMILES string of the molecule is CCOC(=O)CN(CCOC)C(=O)c1cccc(C)c1F. The number of esters is 1. The topological polar surface area (TPSA) is 55.8 Å². The van der Waals surface area contributed by atoms with E-state index in [0.717, 1.165) is 0 Å². The molecule has 0 N–H and O–H groups in total. The van der Waals surface area contributed by atoms with Crippen molar-refractivity contribution in [3.8, 4) is 0 Å². The van der Waals surface area contributed by atoms with E-state index in [1.807, 2.05) is 0 Å². The Hall–Kier alpha value is -1.95. The highest BCUT2D eigenvalue weighted by atomic mass is 19.1. The molecule has 0 fully saturated rings. The van der Waals surface area contributed by atoms with Crippen LogP contribution in [0.4, 0.5) is 4.39 Å². The summed E-state index contributed by atoms with van der Waals surface area (Å²) in [6.45, 7) is 3.68. The molecule has 1 rings (SSSR count). The minimum Gasteiger partial charge on any atom is -0.465 e. The smallest absolute Gasteiger partial charge is 0.325 e. The summed E-state index contributed by atoms with van der Waals surface area (Å²) in [4.78, 5) is 25.2. The molecule has 0 aliphatic heterocycles. The molecule has 0 aromatic heterocycles. The van der Waals surface area contributed by atoms with Crippen LogP contribution in [0.1, 0.15) is 22.8 Å². The summed E-state index contributed by atoms with van der Waals surface area (Å²) in [5, 5.41) is 0. The average molecular weight is 297 g/mol. The van der Waals surface area contributed by atoms with Gasteiger partial charge < -0.3 is 14.4 Å². The second-order valence-corrected chi connectivity index (χ2v) is 4.46. The number of hydrogen-bond donors (Lipinski definition) is 0. The second-order valence-electron chi connectivity index (χ2n) is 4.46. The number of benzene rings is 1. The van der Waals surface area contributed by atoms with E-state index < -0.39 is 17.7 Å². The van der Waals surface area contributed by atoms with Crippen LogP contribution in [0, 0.1) is 12.7 Å². The molecule has 5 nitrogen and oxygen atoms in total. The van der Waals surface area contributed by atoms with E-state index >= 15 is 0 Å². The van der Waals surface area contributed by atoms with Crippen LogP contribution in [-0.2, 0) is 14.3 Å². The molecule has 0 aliphatic carbocycles. The number of rotatable bonds is 7. The van der Waals surface area contributed by atoms with E-state index in [1.54, 1.807) is 26.0 Å². The van der Waals surface area contributed by atoms with E-state index in [-0.39, 0.29) is 31.9 Å². The molecule has 1 aromatic carbocycles. The molecule has 21 heavy (non-hydrogen) atoms. The number of carbonyl (C=O) groups excluding carboxylic acids is 2. The van der Waals surface area contributed by atoms with E-state index in [0.29, 0.717) is 5.56 Å². The zero-order valence-corrected chi connectivity index (χ0v) is 12.5. The Bertz CT molecular complexity index is 504. The van der Waals surface area contributed by atoms with Crippen LogP contribution in [-0.4, -0.2) is 50.2 Å². The highest BCUT2D eigenvalue weighted by Gasteiger charge is 2.22. The fourth-order valence-electron chi connectivity index (χ4n) is 1.80. The molecule has 1 amide bonds. The minimum atomic E-state index is -0.575. The number of halogens is 1. The molecule has 6 heteroatoms. The summed E-state index contributed by atoms with van der Waals surface area (Å²) in [6.07, 6.45) is 0. The number of hydrogen-bond acceptors (Lipinski definition) is 4. The van der Waals surface area contributed by atoms with Crippen LogP contribution >= 0.6 is 0 Å². The predicted molar refractivity (Wildman–Crippen MR) is 75.5 cm³/mol. The molecule has 0 spiro atoms. The summed E-state index contributed by atoms with van der Waals surface area (Å²) < 4.78 is 23.8. The lowest BCUT2D eigenvalue weighted by Crippen LogP contribution is -2.39. The van der Waals surface area contributed by atoms with Crippen LogP contribution in [0.3, 0.4) is 0 Å². The Morgan fingerprint density at radius 1 is 1.33 bits per heavy atom. The molecular weight excluding hydrogens is 277 g/mol. The Morgan fingerprint density at radius 3 is 2.67 bits per heavy atom. The number of carbonyl (C=O) groups is 2. The second kappa shape index (κ2) is 8.36. The largest absolute Gasteiger partial charge is 0.465 e. The van der Waals surface area contributed by atoms with Crippen molar-refractivity contribution in [1.82, 2.24) is 4.90 Å². The zero-order chi connectivity index (χ0) is 15.8. The summed E-state index contributed by atoms with van der Waals surface area (Å²) in [5.74, 6) is -1.66. The average Bonchev–Trinajstić information content (AvgIpc) is 2.46. The first kappa shape index (κ1) is 17.1. The van der Waals surface area contributed by atoms with Crippen LogP contribution in [0.25, 0.3) is 0 Å². The Kier molecular flexibility index (Phi) is 6.81. The molecule has 0 bridgehead atoms. The first-order valence-corrected chi connectivity index (χ1v) is 6.70. The molecule has 1 aromatic rings. The van der Waals surface area contributed by atoms with Gasteiger partial charge >= 0.3 is 5.97 Å². The Morgan fingerprint density at radius 2 is 2.05 bits per heavy atom. The normalized spacial score (nSPS) is 10.3. The van der Waals surface area contributed by atoms with Gasteiger partial charge in [0.25, 0.3) is 5.91 Å². The van der Waals surface area contributed by atoms with E-state index in [4.69, 9.17) is 9.47 Å². The van der Waals surface area contributed by atoms with Crippen molar-refractivity contribution < 1.29 is 23.5 Å². The van der Waals surface area contributed by atoms with Crippen molar-refractivity contribution in [3.05, 3.63) is 35.1 Å². The summed E-state index contributed by atoms with van der Waals surface area (Å²) in [6, 6.07) is 4.58. The van der Waals surface area contributed by atoms with E-state index in [2.05, 4.69) is 0 Å². The van der Waals surface area contributed by atoms with Crippen LogP contribution < -0.4 is 0 Å². The van der Waals surface area contributed by atoms with Crippen molar-refractivity contribution in [1.29, 1.82) is 0 Å². The third kappa shape index (κ3) is 4.82. The van der Waals surface area contributed by atoms with Crippen LogP contribution in [0.15, 0.2) is 18.2 Å². The van der Waals surface area contributed by atoms with Crippen molar-refractivity contribution in [2.45, 2.75) is 13.8 Å². The van der Waals surface area contributed by atoms with Gasteiger partial charge in [-0.1, -0.05) is 12.1 Å². The predicted octanol–water partition coefficient (Wildman–Crippen LogP) is 1.79. The molecule has 116 valence electrons. The van der Waals surface area contributed by atoms with Gasteiger partial charge in [0.05, 0.1) is 18.8 Å². The van der Waals surface area contributed by atoms with Gasteiger partial charge in [0, 0.05) is 13.7 Å². The highest BCUT2D eigenvalue weighted by molar-refractivity contribution is 5.96. The van der Waals surface area contributed by atoms with Gasteiger partial charge in [0.2, 0.25) is 0 Å². The third-order valence-corrected chi connectivity index (χ3v) is 2.90. The van der Waals surface area contributed by atoms with E-state index in [1.165, 1.54) is 18.1 Å². The minimum absolute atomic E-state index is 0.0598. The molecule has 0 unspecified atom stereocenters. The van der Waals surface area contributed by atoms with Crippen LogP contribution in [0.5, 0.6) is 0 Å². The summed E-state index contributed by atoms with van der Waals surface area (Å²) in [7, 11) is 1.49. The van der Waals surface area contributed by atoms with Gasteiger partial charge in [-0.15, -0.1) is 0 Å². The van der Waals surface area contributed by atoms with Crippen molar-refractivity contribution in [3.63, 3.8) is 0 Å². The molecule has 0 heterocycles. The quantitative estimate of drug-likeness (QED) is 0.720. The Balaban J connectivity index is 2.93. The lowest BCUT2D eigenvalue weighted by Gasteiger charge is -2.21. The lowest BCUT2D eigenvalue weighted by atomic mass is 10.1. The molecular formula is C15H20FNO4. The number of amides is 1. The van der Waals surface area contributed by atoms with Gasteiger partial charge in [0.1, 0.15) is 12.4 Å². The number of nitrogens with zero attached hydrogens (tertiary/aromatic N) is 1. The maximum Gasteiger partial charge on any atom is 0.325 e. The maximum atomic E-state index is 14.0. The molecule has 0 saturated carbocycles. The monoisotopic (exact) mass is 297 g/mol. The van der Waals surface area contributed by atoms with Crippen molar-refractivity contribution in [2.75, 3.05) is 33.4 Å². The molecule has 0 saturated heterocycles. The molecule has 0 atom stereocenters. The van der Waals surface area contributed by atoms with Gasteiger partial charge in [-0.05, 0) is 25.5 Å². The molecule has 0 radical (unpaired) electrons. The number of ether oxygens (including phenoxy) is 2. The standard InChI is InChI=1S/C15H20FNO4/c1-4-21-13(18)10-17(8-9-20-3)15(19)12-7-5-6-11(2)14(12)16/h5-7H,4,8-10H2,1-3H3. The van der Waals surface area contributed by atoms with Crippen LogP contribution in [0.2, 0.25) is 0 Å². The number of methoxy groups -OCH3 is 1.